The summed E-state index contributed by atoms with van der Waals surface area (Å²) in [4.78, 5) is 22.4. The van der Waals surface area contributed by atoms with E-state index >= 15 is 0 Å². The lowest BCUT2D eigenvalue weighted by Gasteiger charge is -2.17. The second kappa shape index (κ2) is 9.18. The number of amides is 2. The Bertz CT molecular complexity index is 827. The fraction of sp³-hybridized carbons (Fsp3) is 0.300. The van der Waals surface area contributed by atoms with Crippen LogP contribution in [0.25, 0.3) is 0 Å². The molecule has 2 aromatic rings. The molecule has 1 fully saturated rings. The summed E-state index contributed by atoms with van der Waals surface area (Å²) in [5.74, 6) is -0.511. The normalized spacial score (nSPS) is 16.1. The number of epoxide rings is 1. The molecule has 0 radical (unpaired) electrons. The Morgan fingerprint density at radius 1 is 1.21 bits per heavy atom. The predicted octanol–water partition coefficient (Wildman–Crippen LogP) is 2.10. The van der Waals surface area contributed by atoms with Crippen molar-refractivity contribution in [3.63, 3.8) is 0 Å². The first-order chi connectivity index (χ1) is 13.5. The number of nitrogens with one attached hydrogen (secondary N) is 2. The minimum absolute atomic E-state index is 0.175. The minimum atomic E-state index is -1.28. The number of carbonyl (C=O) groups excluding carboxylic acids is 1. The van der Waals surface area contributed by atoms with Gasteiger partial charge in [-0.05, 0) is 29.7 Å². The fourth-order valence-corrected chi connectivity index (χ4v) is 2.79. The highest BCUT2D eigenvalue weighted by molar-refractivity contribution is 5.81. The van der Waals surface area contributed by atoms with E-state index in [0.29, 0.717) is 30.9 Å². The van der Waals surface area contributed by atoms with Crippen molar-refractivity contribution >= 4 is 12.0 Å². The summed E-state index contributed by atoms with van der Waals surface area (Å²) in [5.41, 5.74) is 1.62. The molecule has 1 heterocycles. The lowest BCUT2D eigenvalue weighted by atomic mass is 10.0. The highest BCUT2D eigenvalue weighted by Crippen LogP contribution is 2.22. The van der Waals surface area contributed by atoms with Crippen LogP contribution in [0, 0.1) is 5.82 Å². The molecule has 1 aliphatic rings. The monoisotopic (exact) mass is 388 g/mol. The van der Waals surface area contributed by atoms with Gasteiger partial charge in [-0.3, -0.25) is 4.79 Å². The zero-order chi connectivity index (χ0) is 19.9. The molecule has 0 aromatic heterocycles. The lowest BCUT2D eigenvalue weighted by Crippen LogP contribution is -2.45. The maximum atomic E-state index is 14.0. The molecule has 2 aromatic carbocycles. The summed E-state index contributed by atoms with van der Waals surface area (Å²) in [6, 6.07) is 13.6. The van der Waals surface area contributed by atoms with Crippen molar-refractivity contribution in [2.24, 2.45) is 0 Å². The molecular weight excluding hydrogens is 367 g/mol. The third-order valence-corrected chi connectivity index (χ3v) is 4.19. The van der Waals surface area contributed by atoms with Gasteiger partial charge in [-0.25, -0.2) is 9.18 Å². The maximum Gasteiger partial charge on any atom is 0.405 e. The van der Waals surface area contributed by atoms with Crippen molar-refractivity contribution in [3.8, 4) is 5.75 Å². The molecule has 2 atom stereocenters. The molecule has 0 bridgehead atoms. The van der Waals surface area contributed by atoms with Crippen LogP contribution in [0.2, 0.25) is 0 Å². The maximum absolute atomic E-state index is 14.0. The van der Waals surface area contributed by atoms with Crippen LogP contribution in [0.3, 0.4) is 0 Å². The molecule has 0 aliphatic carbocycles. The second-order valence-electron chi connectivity index (χ2n) is 6.48. The van der Waals surface area contributed by atoms with Gasteiger partial charge >= 0.3 is 6.09 Å². The molecule has 3 rings (SSSR count). The third-order valence-electron chi connectivity index (χ3n) is 4.19. The molecule has 7 nitrogen and oxygen atoms in total. The smallest absolute Gasteiger partial charge is 0.405 e. The summed E-state index contributed by atoms with van der Waals surface area (Å²) >= 11 is 0. The molecule has 0 spiro atoms. The van der Waals surface area contributed by atoms with Gasteiger partial charge in [-0.2, -0.15) is 0 Å². The van der Waals surface area contributed by atoms with E-state index in [1.54, 1.807) is 6.07 Å². The van der Waals surface area contributed by atoms with Crippen LogP contribution in [0.1, 0.15) is 11.1 Å². The van der Waals surface area contributed by atoms with Crippen LogP contribution in [-0.4, -0.2) is 42.4 Å². The van der Waals surface area contributed by atoms with E-state index < -0.39 is 17.8 Å². The molecule has 3 N–H and O–H groups in total. The predicted molar refractivity (Wildman–Crippen MR) is 98.6 cm³/mol. The zero-order valence-electron chi connectivity index (χ0n) is 15.1. The van der Waals surface area contributed by atoms with Crippen molar-refractivity contribution < 1.29 is 28.6 Å². The summed E-state index contributed by atoms with van der Waals surface area (Å²) in [6.07, 6.45) is -1.12. The first-order valence-corrected chi connectivity index (χ1v) is 8.83. The number of rotatable bonds is 9. The van der Waals surface area contributed by atoms with Crippen LogP contribution in [0.4, 0.5) is 9.18 Å². The Balaban J connectivity index is 1.62. The van der Waals surface area contributed by atoms with Crippen LogP contribution in [-0.2, 0) is 22.6 Å². The van der Waals surface area contributed by atoms with Crippen molar-refractivity contribution in [2.45, 2.75) is 25.2 Å². The standard InChI is InChI=1S/C20H21FN2O5/c21-15-6-14(7-16(9-15)27-11-13-4-2-1-3-5-13)8-17(18-12-28-18)23-19(24)10-22-20(25)26/h1-7,9,17-18,22H,8,10-12H2,(H,23,24)(H,25,26). The van der Waals surface area contributed by atoms with E-state index in [2.05, 4.69) is 5.32 Å². The van der Waals surface area contributed by atoms with Gasteiger partial charge in [-0.1, -0.05) is 30.3 Å². The topological polar surface area (TPSA) is 100 Å². The molecule has 28 heavy (non-hydrogen) atoms. The molecule has 2 unspecified atom stereocenters. The van der Waals surface area contributed by atoms with Crippen molar-refractivity contribution in [1.82, 2.24) is 10.6 Å². The number of ether oxygens (including phenoxy) is 2. The van der Waals surface area contributed by atoms with Crippen LogP contribution >= 0.6 is 0 Å². The van der Waals surface area contributed by atoms with Gasteiger partial charge in [0.05, 0.1) is 19.2 Å². The second-order valence-corrected chi connectivity index (χ2v) is 6.48. The highest BCUT2D eigenvalue weighted by Gasteiger charge is 2.34. The summed E-state index contributed by atoms with van der Waals surface area (Å²) in [5, 5.41) is 13.3. The van der Waals surface area contributed by atoms with E-state index in [1.807, 2.05) is 35.6 Å². The Kier molecular flexibility index (Phi) is 6.44. The number of hydrogen-bond donors (Lipinski definition) is 3. The minimum Gasteiger partial charge on any atom is -0.489 e. The third kappa shape index (κ3) is 6.24. The molecule has 148 valence electrons. The van der Waals surface area contributed by atoms with Gasteiger partial charge in [0, 0.05) is 6.07 Å². The molecule has 2 amide bonds. The number of hydrogen-bond acceptors (Lipinski definition) is 4. The Morgan fingerprint density at radius 2 is 1.96 bits per heavy atom. The quantitative estimate of drug-likeness (QED) is 0.571. The first-order valence-electron chi connectivity index (χ1n) is 8.83. The average molecular weight is 388 g/mol. The number of halogens is 1. The van der Waals surface area contributed by atoms with Gasteiger partial charge in [0.2, 0.25) is 5.91 Å². The zero-order valence-corrected chi connectivity index (χ0v) is 15.1. The van der Waals surface area contributed by atoms with Gasteiger partial charge in [0.1, 0.15) is 24.3 Å². The van der Waals surface area contributed by atoms with Crippen molar-refractivity contribution in [2.75, 3.05) is 13.2 Å². The van der Waals surface area contributed by atoms with Gasteiger partial charge < -0.3 is 25.2 Å². The molecule has 0 saturated carbocycles. The SMILES string of the molecule is O=C(O)NCC(=O)NC(Cc1cc(F)cc(OCc2ccccc2)c1)C1CO1. The summed E-state index contributed by atoms with van der Waals surface area (Å²) in [7, 11) is 0. The van der Waals surface area contributed by atoms with E-state index in [0.717, 1.165) is 5.56 Å². The van der Waals surface area contributed by atoms with Crippen molar-refractivity contribution in [1.29, 1.82) is 0 Å². The Labute approximate surface area is 161 Å². The average Bonchev–Trinajstić information content (AvgIpc) is 3.50. The van der Waals surface area contributed by atoms with E-state index in [-0.39, 0.29) is 18.7 Å². The van der Waals surface area contributed by atoms with Crippen molar-refractivity contribution in [3.05, 3.63) is 65.5 Å². The van der Waals surface area contributed by atoms with E-state index in [9.17, 15) is 14.0 Å². The molecule has 1 aliphatic heterocycles. The van der Waals surface area contributed by atoms with Gasteiger partial charge in [-0.15, -0.1) is 0 Å². The van der Waals surface area contributed by atoms with Gasteiger partial charge in [0.25, 0.3) is 0 Å². The Morgan fingerprint density at radius 3 is 2.64 bits per heavy atom. The van der Waals surface area contributed by atoms with Crippen LogP contribution < -0.4 is 15.4 Å². The Hall–Kier alpha value is -3.13. The molecule has 8 heteroatoms. The van der Waals surface area contributed by atoms with E-state index in [1.165, 1.54) is 12.1 Å². The lowest BCUT2D eigenvalue weighted by molar-refractivity contribution is -0.121. The summed E-state index contributed by atoms with van der Waals surface area (Å²) in [6.45, 7) is 0.452. The molecule has 1 saturated heterocycles. The van der Waals surface area contributed by atoms with Crippen LogP contribution in [0.5, 0.6) is 5.75 Å². The largest absolute Gasteiger partial charge is 0.489 e. The van der Waals surface area contributed by atoms with E-state index in [4.69, 9.17) is 14.6 Å². The number of carbonyl (C=O) groups is 2. The summed E-state index contributed by atoms with van der Waals surface area (Å²) < 4.78 is 25.0. The van der Waals surface area contributed by atoms with Gasteiger partial charge in [0.15, 0.2) is 0 Å². The molecular formula is C20H21FN2O5. The highest BCUT2D eigenvalue weighted by atomic mass is 19.1. The number of carboxylic acid groups (broad SMARTS) is 1. The first kappa shape index (κ1) is 19.6. The van der Waals surface area contributed by atoms with Crippen LogP contribution in [0.15, 0.2) is 48.5 Å². The fourth-order valence-electron chi connectivity index (χ4n) is 2.79. The number of benzene rings is 2.